The Kier molecular flexibility index (Phi) is 6.28. The second-order valence-corrected chi connectivity index (χ2v) is 10.4. The van der Waals surface area contributed by atoms with Gasteiger partial charge in [0.25, 0.3) is 0 Å². The minimum absolute atomic E-state index is 0.381. The summed E-state index contributed by atoms with van der Waals surface area (Å²) in [6.45, 7) is 0. The SMILES string of the molecule is Nc1ccc(S(=O)c2ccc(N)c(N)c2-c2ccc(Br)cc2)c(-c2ccc(Br)cc2)c1N. The molecule has 0 fully saturated rings. The summed E-state index contributed by atoms with van der Waals surface area (Å²) in [6, 6.07) is 22.1. The van der Waals surface area contributed by atoms with Gasteiger partial charge >= 0.3 is 0 Å². The van der Waals surface area contributed by atoms with Gasteiger partial charge in [-0.15, -0.1) is 0 Å². The van der Waals surface area contributed by atoms with Crippen molar-refractivity contribution in [2.24, 2.45) is 0 Å². The molecule has 0 bridgehead atoms. The molecule has 4 aromatic carbocycles. The van der Waals surface area contributed by atoms with Crippen LogP contribution in [0.3, 0.4) is 0 Å². The number of halogens is 2. The first kappa shape index (κ1) is 22.4. The van der Waals surface area contributed by atoms with Crippen LogP contribution in [-0.4, -0.2) is 4.21 Å². The smallest absolute Gasteiger partial charge is 0.0863 e. The molecule has 0 unspecified atom stereocenters. The van der Waals surface area contributed by atoms with Crippen LogP contribution in [0.5, 0.6) is 0 Å². The summed E-state index contributed by atoms with van der Waals surface area (Å²) in [6.07, 6.45) is 0. The van der Waals surface area contributed by atoms with Gasteiger partial charge in [-0.25, -0.2) is 4.21 Å². The molecule has 0 radical (unpaired) electrons. The van der Waals surface area contributed by atoms with E-state index in [1.54, 1.807) is 24.3 Å². The van der Waals surface area contributed by atoms with E-state index < -0.39 is 10.8 Å². The van der Waals surface area contributed by atoms with Gasteiger partial charge in [0, 0.05) is 20.1 Å². The van der Waals surface area contributed by atoms with E-state index in [2.05, 4.69) is 31.9 Å². The molecular formula is C24H20Br2N4OS. The van der Waals surface area contributed by atoms with Crippen molar-refractivity contribution >= 4 is 65.4 Å². The average Bonchev–Trinajstić information content (AvgIpc) is 2.78. The molecule has 0 aliphatic carbocycles. The first-order chi connectivity index (χ1) is 15.3. The molecule has 32 heavy (non-hydrogen) atoms. The zero-order valence-corrected chi connectivity index (χ0v) is 20.8. The quantitative estimate of drug-likeness (QED) is 0.222. The van der Waals surface area contributed by atoms with E-state index >= 15 is 0 Å². The molecule has 4 aromatic rings. The monoisotopic (exact) mass is 570 g/mol. The van der Waals surface area contributed by atoms with Crippen molar-refractivity contribution in [2.45, 2.75) is 9.79 Å². The van der Waals surface area contributed by atoms with Crippen molar-refractivity contribution in [1.29, 1.82) is 0 Å². The summed E-state index contributed by atoms with van der Waals surface area (Å²) in [5.74, 6) is 0. The molecule has 0 spiro atoms. The van der Waals surface area contributed by atoms with E-state index in [9.17, 15) is 4.21 Å². The van der Waals surface area contributed by atoms with Crippen LogP contribution in [0, 0.1) is 0 Å². The molecule has 4 rings (SSSR count). The van der Waals surface area contributed by atoms with Gasteiger partial charge in [0.2, 0.25) is 0 Å². The largest absolute Gasteiger partial charge is 0.397 e. The Balaban J connectivity index is 1.95. The van der Waals surface area contributed by atoms with Gasteiger partial charge in [-0.3, -0.25) is 0 Å². The Morgan fingerprint density at radius 2 is 0.875 bits per heavy atom. The highest BCUT2D eigenvalue weighted by molar-refractivity contribution is 9.10. The molecular weight excluding hydrogens is 552 g/mol. The second kappa shape index (κ2) is 8.97. The molecule has 0 aromatic heterocycles. The first-order valence-electron chi connectivity index (χ1n) is 9.57. The van der Waals surface area contributed by atoms with Gasteiger partial charge in [-0.1, -0.05) is 56.1 Å². The van der Waals surface area contributed by atoms with Crippen LogP contribution in [0.25, 0.3) is 22.3 Å². The van der Waals surface area contributed by atoms with Crippen LogP contribution in [0.1, 0.15) is 0 Å². The lowest BCUT2D eigenvalue weighted by Crippen LogP contribution is -2.06. The second-order valence-electron chi connectivity index (χ2n) is 7.17. The maximum absolute atomic E-state index is 14.0. The highest BCUT2D eigenvalue weighted by Crippen LogP contribution is 2.42. The molecule has 0 saturated heterocycles. The molecule has 5 nitrogen and oxygen atoms in total. The van der Waals surface area contributed by atoms with E-state index in [4.69, 9.17) is 22.9 Å². The molecule has 8 N–H and O–H groups in total. The average molecular weight is 572 g/mol. The zero-order chi connectivity index (χ0) is 23.0. The third-order valence-electron chi connectivity index (χ3n) is 5.15. The molecule has 0 aliphatic rings. The van der Waals surface area contributed by atoms with Gasteiger partial charge in [-0.2, -0.15) is 0 Å². The minimum Gasteiger partial charge on any atom is -0.397 e. The standard InChI is InChI=1S/C24H20Br2N4OS/c25-15-5-1-13(2-6-15)21-19(11-9-17(27)23(21)29)32(31)20-12-10-18(28)24(30)22(20)14-3-7-16(26)8-4-14/h1-12H,27-30H2. The van der Waals surface area contributed by atoms with Gasteiger partial charge in [0.15, 0.2) is 0 Å². The van der Waals surface area contributed by atoms with Crippen LogP contribution in [-0.2, 0) is 10.8 Å². The summed E-state index contributed by atoms with van der Waals surface area (Å²) >= 11 is 6.89. The third-order valence-corrected chi connectivity index (χ3v) is 7.68. The molecule has 0 atom stereocenters. The lowest BCUT2D eigenvalue weighted by molar-refractivity contribution is 0.683. The molecule has 0 aliphatic heterocycles. The number of nitrogen functional groups attached to an aromatic ring is 4. The fraction of sp³-hybridized carbons (Fsp3) is 0. The van der Waals surface area contributed by atoms with Crippen molar-refractivity contribution in [2.75, 3.05) is 22.9 Å². The van der Waals surface area contributed by atoms with E-state index in [0.717, 1.165) is 20.1 Å². The number of rotatable bonds is 4. The topological polar surface area (TPSA) is 121 Å². The fourth-order valence-electron chi connectivity index (χ4n) is 3.49. The lowest BCUT2D eigenvalue weighted by atomic mass is 10.0. The third kappa shape index (κ3) is 4.13. The first-order valence-corrected chi connectivity index (χ1v) is 12.3. The molecule has 162 valence electrons. The van der Waals surface area contributed by atoms with Crippen molar-refractivity contribution in [3.05, 3.63) is 81.7 Å². The summed E-state index contributed by atoms with van der Waals surface area (Å²) in [5.41, 5.74) is 29.4. The zero-order valence-electron chi connectivity index (χ0n) is 16.8. The van der Waals surface area contributed by atoms with Crippen molar-refractivity contribution in [3.63, 3.8) is 0 Å². The number of nitrogens with two attached hydrogens (primary N) is 4. The van der Waals surface area contributed by atoms with Crippen LogP contribution in [0.15, 0.2) is 91.5 Å². The molecule has 0 amide bonds. The highest BCUT2D eigenvalue weighted by atomic mass is 79.9. The van der Waals surface area contributed by atoms with Crippen LogP contribution >= 0.6 is 31.9 Å². The number of hydrogen-bond acceptors (Lipinski definition) is 5. The summed E-state index contributed by atoms with van der Waals surface area (Å²) in [4.78, 5) is 1.09. The van der Waals surface area contributed by atoms with E-state index in [1.807, 2.05) is 48.5 Å². The number of anilines is 4. The van der Waals surface area contributed by atoms with Crippen LogP contribution in [0.2, 0.25) is 0 Å². The van der Waals surface area contributed by atoms with Crippen molar-refractivity contribution in [3.8, 4) is 22.3 Å². The Labute approximate surface area is 205 Å². The maximum Gasteiger partial charge on any atom is 0.0863 e. The van der Waals surface area contributed by atoms with Crippen molar-refractivity contribution in [1.82, 2.24) is 0 Å². The van der Waals surface area contributed by atoms with E-state index in [-0.39, 0.29) is 0 Å². The Morgan fingerprint density at radius 1 is 0.531 bits per heavy atom. The predicted molar refractivity (Wildman–Crippen MR) is 141 cm³/mol. The number of hydrogen-bond donors (Lipinski definition) is 4. The minimum atomic E-state index is -1.61. The normalized spacial score (nSPS) is 11.1. The molecule has 0 heterocycles. The number of benzene rings is 4. The summed E-state index contributed by atoms with van der Waals surface area (Å²) in [5, 5.41) is 0. The summed E-state index contributed by atoms with van der Waals surface area (Å²) < 4.78 is 15.8. The molecule has 0 saturated carbocycles. The van der Waals surface area contributed by atoms with Gasteiger partial charge in [0.1, 0.15) is 0 Å². The fourth-order valence-corrected chi connectivity index (χ4v) is 5.46. The van der Waals surface area contributed by atoms with Crippen LogP contribution in [0.4, 0.5) is 22.7 Å². The van der Waals surface area contributed by atoms with Crippen molar-refractivity contribution < 1.29 is 4.21 Å². The van der Waals surface area contributed by atoms with E-state index in [0.29, 0.717) is 43.7 Å². The Morgan fingerprint density at radius 3 is 1.22 bits per heavy atom. The Bertz CT molecular complexity index is 1240. The predicted octanol–water partition coefficient (Wildman–Crippen LogP) is 6.04. The Hall–Kier alpha value is -2.81. The maximum atomic E-state index is 14.0. The lowest BCUT2D eigenvalue weighted by Gasteiger charge is -2.18. The van der Waals surface area contributed by atoms with E-state index in [1.165, 1.54) is 0 Å². The van der Waals surface area contributed by atoms with Gasteiger partial charge in [0.05, 0.1) is 43.3 Å². The van der Waals surface area contributed by atoms with Crippen LogP contribution < -0.4 is 22.9 Å². The molecule has 8 heteroatoms. The van der Waals surface area contributed by atoms with Gasteiger partial charge < -0.3 is 22.9 Å². The highest BCUT2D eigenvalue weighted by Gasteiger charge is 2.22. The summed E-state index contributed by atoms with van der Waals surface area (Å²) in [7, 11) is -1.61. The van der Waals surface area contributed by atoms with Gasteiger partial charge in [-0.05, 0) is 59.7 Å².